The van der Waals surface area contributed by atoms with E-state index in [1.54, 1.807) is 18.5 Å². The number of carboxylic acids is 1. The fourth-order valence-electron chi connectivity index (χ4n) is 2.76. The summed E-state index contributed by atoms with van der Waals surface area (Å²) < 4.78 is 0. The fourth-order valence-corrected chi connectivity index (χ4v) is 2.76. The van der Waals surface area contributed by atoms with Gasteiger partial charge in [0.1, 0.15) is 17.7 Å². The highest BCUT2D eigenvalue weighted by atomic mass is 16.4. The smallest absolute Gasteiger partial charge is 0.326 e. The minimum absolute atomic E-state index is 0.102. The molecular weight excluding hydrogens is 348 g/mol. The minimum atomic E-state index is -1.11. The second-order valence-corrected chi connectivity index (χ2v) is 6.72. The second kappa shape index (κ2) is 9.52. The molecule has 0 radical (unpaired) electrons. The van der Waals surface area contributed by atoms with Gasteiger partial charge in [-0.15, -0.1) is 0 Å². The van der Waals surface area contributed by atoms with Gasteiger partial charge < -0.3 is 20.2 Å². The van der Waals surface area contributed by atoms with Crippen LogP contribution in [-0.2, 0) is 9.59 Å². The molecular formula is C18H24N6O3. The van der Waals surface area contributed by atoms with Crippen molar-refractivity contribution in [1.82, 2.24) is 20.2 Å². The van der Waals surface area contributed by atoms with Crippen LogP contribution >= 0.6 is 0 Å². The Bertz CT molecular complexity index is 720. The SMILES string of the molecule is CC(C)CC(NC(=O)/C(C#N)=C\N1CCN(c2ncccn2)CC1)C(=O)O. The maximum atomic E-state index is 12.3. The Morgan fingerprint density at radius 1 is 1.30 bits per heavy atom. The molecule has 1 amide bonds. The number of hydrogen-bond acceptors (Lipinski definition) is 7. The standard InChI is InChI=1S/C18H24N6O3/c1-13(2)10-15(17(26)27)22-16(25)14(11-19)12-23-6-8-24(9-7-23)18-20-4-3-5-21-18/h3-5,12-13,15H,6-10H2,1-2H3,(H,22,25)(H,26,27)/b14-12-. The molecule has 1 fully saturated rings. The first kappa shape index (κ1) is 20.2. The highest BCUT2D eigenvalue weighted by Gasteiger charge is 2.24. The summed E-state index contributed by atoms with van der Waals surface area (Å²) in [6.07, 6.45) is 5.16. The third kappa shape index (κ3) is 5.95. The van der Waals surface area contributed by atoms with E-state index in [0.717, 1.165) is 0 Å². The number of nitrogens with zero attached hydrogens (tertiary/aromatic N) is 5. The van der Waals surface area contributed by atoms with Gasteiger partial charge in [-0.1, -0.05) is 13.8 Å². The van der Waals surface area contributed by atoms with Crippen molar-refractivity contribution in [2.75, 3.05) is 31.1 Å². The molecule has 1 aromatic heterocycles. The van der Waals surface area contributed by atoms with Gasteiger partial charge in [0.25, 0.3) is 5.91 Å². The summed E-state index contributed by atoms with van der Waals surface area (Å²) in [4.78, 5) is 35.9. The number of nitriles is 1. The number of carboxylic acid groups (broad SMARTS) is 1. The molecule has 1 aliphatic heterocycles. The molecule has 1 saturated heterocycles. The summed E-state index contributed by atoms with van der Waals surface area (Å²) in [6, 6.07) is 2.61. The average molecular weight is 372 g/mol. The van der Waals surface area contributed by atoms with Crippen LogP contribution in [0.5, 0.6) is 0 Å². The molecule has 9 nitrogen and oxygen atoms in total. The van der Waals surface area contributed by atoms with Crippen LogP contribution in [0.3, 0.4) is 0 Å². The number of aromatic nitrogens is 2. The van der Waals surface area contributed by atoms with Crippen molar-refractivity contribution >= 4 is 17.8 Å². The fraction of sp³-hybridized carbons (Fsp3) is 0.500. The molecule has 0 spiro atoms. The van der Waals surface area contributed by atoms with Gasteiger partial charge in [-0.25, -0.2) is 14.8 Å². The molecule has 1 aliphatic rings. The lowest BCUT2D eigenvalue weighted by Crippen LogP contribution is -2.46. The normalized spacial score (nSPS) is 16.0. The summed E-state index contributed by atoms with van der Waals surface area (Å²) in [7, 11) is 0. The summed E-state index contributed by atoms with van der Waals surface area (Å²) >= 11 is 0. The van der Waals surface area contributed by atoms with Gasteiger partial charge in [0.2, 0.25) is 5.95 Å². The topological polar surface area (TPSA) is 122 Å². The number of carbonyl (C=O) groups excluding carboxylic acids is 1. The van der Waals surface area contributed by atoms with Crippen molar-refractivity contribution < 1.29 is 14.7 Å². The molecule has 0 saturated carbocycles. The summed E-state index contributed by atoms with van der Waals surface area (Å²) in [5.41, 5.74) is -0.102. The zero-order valence-electron chi connectivity index (χ0n) is 15.5. The number of amides is 1. The number of anilines is 1. The monoisotopic (exact) mass is 372 g/mol. The predicted octanol–water partition coefficient (Wildman–Crippen LogP) is 0.622. The zero-order chi connectivity index (χ0) is 19.8. The van der Waals surface area contributed by atoms with E-state index in [4.69, 9.17) is 0 Å². The Kier molecular flexibility index (Phi) is 7.11. The van der Waals surface area contributed by atoms with Crippen molar-refractivity contribution in [3.63, 3.8) is 0 Å². The summed E-state index contributed by atoms with van der Waals surface area (Å²) in [5, 5.41) is 21.0. The van der Waals surface area contributed by atoms with Crippen LogP contribution in [0.25, 0.3) is 0 Å². The highest BCUT2D eigenvalue weighted by molar-refractivity contribution is 5.99. The van der Waals surface area contributed by atoms with Gasteiger partial charge >= 0.3 is 5.97 Å². The van der Waals surface area contributed by atoms with E-state index < -0.39 is 17.9 Å². The van der Waals surface area contributed by atoms with Gasteiger partial charge in [-0.05, 0) is 18.4 Å². The van der Waals surface area contributed by atoms with Crippen LogP contribution in [0.15, 0.2) is 30.2 Å². The molecule has 0 aliphatic carbocycles. The van der Waals surface area contributed by atoms with Crippen molar-refractivity contribution in [2.45, 2.75) is 26.3 Å². The predicted molar refractivity (Wildman–Crippen MR) is 98.5 cm³/mol. The maximum Gasteiger partial charge on any atom is 0.326 e. The van der Waals surface area contributed by atoms with Crippen LogP contribution < -0.4 is 10.2 Å². The number of piperazine rings is 1. The Balaban J connectivity index is 1.96. The molecule has 1 unspecified atom stereocenters. The molecule has 1 atom stereocenters. The number of hydrogen-bond donors (Lipinski definition) is 2. The Hall–Kier alpha value is -3.15. The second-order valence-electron chi connectivity index (χ2n) is 6.72. The Morgan fingerprint density at radius 3 is 2.44 bits per heavy atom. The van der Waals surface area contributed by atoms with Gasteiger partial charge in [0, 0.05) is 44.8 Å². The van der Waals surface area contributed by atoms with E-state index in [1.165, 1.54) is 6.20 Å². The van der Waals surface area contributed by atoms with Crippen LogP contribution in [0, 0.1) is 17.2 Å². The third-order valence-electron chi connectivity index (χ3n) is 4.14. The molecule has 2 N–H and O–H groups in total. The Labute approximate surface area is 158 Å². The van der Waals surface area contributed by atoms with Crippen molar-refractivity contribution in [3.05, 3.63) is 30.2 Å². The Morgan fingerprint density at radius 2 is 1.93 bits per heavy atom. The zero-order valence-corrected chi connectivity index (χ0v) is 15.5. The molecule has 144 valence electrons. The average Bonchev–Trinajstić information content (AvgIpc) is 2.66. The number of carbonyl (C=O) groups is 2. The first-order valence-corrected chi connectivity index (χ1v) is 8.82. The molecule has 1 aromatic rings. The lowest BCUT2D eigenvalue weighted by Gasteiger charge is -2.34. The first-order valence-electron chi connectivity index (χ1n) is 8.82. The lowest BCUT2D eigenvalue weighted by atomic mass is 10.0. The van der Waals surface area contributed by atoms with Gasteiger partial charge in [-0.3, -0.25) is 4.79 Å². The molecule has 27 heavy (non-hydrogen) atoms. The van der Waals surface area contributed by atoms with Crippen molar-refractivity contribution in [2.24, 2.45) is 5.92 Å². The van der Waals surface area contributed by atoms with Gasteiger partial charge in [0.05, 0.1) is 0 Å². The van der Waals surface area contributed by atoms with E-state index >= 15 is 0 Å². The van der Waals surface area contributed by atoms with E-state index in [9.17, 15) is 20.0 Å². The largest absolute Gasteiger partial charge is 0.480 e. The van der Waals surface area contributed by atoms with Gasteiger partial charge in [-0.2, -0.15) is 5.26 Å². The van der Waals surface area contributed by atoms with E-state index in [2.05, 4.69) is 15.3 Å². The molecule has 9 heteroatoms. The lowest BCUT2D eigenvalue weighted by molar-refractivity contribution is -0.141. The van der Waals surface area contributed by atoms with Crippen LogP contribution in [0.2, 0.25) is 0 Å². The highest BCUT2D eigenvalue weighted by Crippen LogP contribution is 2.11. The molecule has 0 bridgehead atoms. The van der Waals surface area contributed by atoms with Crippen LogP contribution in [-0.4, -0.2) is 64.1 Å². The number of nitrogens with one attached hydrogen (secondary N) is 1. The summed E-state index contributed by atoms with van der Waals surface area (Å²) in [6.45, 7) is 6.27. The van der Waals surface area contributed by atoms with Crippen molar-refractivity contribution in [1.29, 1.82) is 5.26 Å². The van der Waals surface area contributed by atoms with E-state index in [0.29, 0.717) is 38.5 Å². The molecule has 2 heterocycles. The first-order chi connectivity index (χ1) is 12.9. The molecule has 0 aromatic carbocycles. The minimum Gasteiger partial charge on any atom is -0.480 e. The third-order valence-corrected chi connectivity index (χ3v) is 4.14. The quantitative estimate of drug-likeness (QED) is 0.528. The maximum absolute atomic E-state index is 12.3. The van der Waals surface area contributed by atoms with Gasteiger partial charge in [0.15, 0.2) is 0 Å². The van der Waals surface area contributed by atoms with Crippen LogP contribution in [0.4, 0.5) is 5.95 Å². The number of rotatable bonds is 7. The molecule has 2 rings (SSSR count). The summed E-state index contributed by atoms with van der Waals surface area (Å²) in [5.74, 6) is -1.02. The van der Waals surface area contributed by atoms with E-state index in [1.807, 2.05) is 29.7 Å². The van der Waals surface area contributed by atoms with Crippen molar-refractivity contribution in [3.8, 4) is 6.07 Å². The van der Waals surface area contributed by atoms with Crippen LogP contribution in [0.1, 0.15) is 20.3 Å². The number of aliphatic carboxylic acids is 1. The van der Waals surface area contributed by atoms with E-state index in [-0.39, 0.29) is 11.5 Å².